The molecule has 32 heavy (non-hydrogen) atoms. The van der Waals surface area contributed by atoms with E-state index in [2.05, 4.69) is 14.8 Å². The summed E-state index contributed by atoms with van der Waals surface area (Å²) >= 11 is 0. The monoisotopic (exact) mass is 489 g/mol. The first-order valence-corrected chi connectivity index (χ1v) is 12.8. The van der Waals surface area contributed by atoms with Crippen molar-refractivity contribution in [3.05, 3.63) is 65.2 Å². The van der Waals surface area contributed by atoms with Gasteiger partial charge in [-0.15, -0.1) is 0 Å². The van der Waals surface area contributed by atoms with Crippen LogP contribution in [0.1, 0.15) is 31.4 Å². The van der Waals surface area contributed by atoms with Gasteiger partial charge in [-0.05, 0) is 43.2 Å². The average Bonchev–Trinajstić information content (AvgIpc) is 2.68. The van der Waals surface area contributed by atoms with Crippen LogP contribution >= 0.6 is 0 Å². The number of nitrogens with one attached hydrogen (secondary N) is 3. The Kier molecular flexibility index (Phi) is 8.84. The molecule has 2 aromatic carbocycles. The van der Waals surface area contributed by atoms with Crippen molar-refractivity contribution in [1.82, 2.24) is 14.8 Å². The van der Waals surface area contributed by atoms with E-state index in [4.69, 9.17) is 0 Å². The molecule has 0 atom stereocenters. The number of rotatable bonds is 11. The largest absolute Gasteiger partial charge is 0.352 e. The third-order valence-corrected chi connectivity index (χ3v) is 7.18. The van der Waals surface area contributed by atoms with Crippen molar-refractivity contribution in [1.29, 1.82) is 0 Å². The Labute approximate surface area is 186 Å². The van der Waals surface area contributed by atoms with Crippen molar-refractivity contribution in [3.63, 3.8) is 0 Å². The predicted molar refractivity (Wildman–Crippen MR) is 115 cm³/mol. The highest BCUT2D eigenvalue weighted by Gasteiger charge is 2.18. The topological polar surface area (TPSA) is 121 Å². The zero-order chi connectivity index (χ0) is 23.9. The summed E-state index contributed by atoms with van der Waals surface area (Å²) in [4.78, 5) is 11.6. The summed E-state index contributed by atoms with van der Waals surface area (Å²) in [6.45, 7) is 3.22. The molecule has 3 N–H and O–H groups in total. The Bertz CT molecular complexity index is 1170. The van der Waals surface area contributed by atoms with Crippen molar-refractivity contribution in [2.24, 2.45) is 0 Å². The Morgan fingerprint density at radius 2 is 1.62 bits per heavy atom. The lowest BCUT2D eigenvalue weighted by Gasteiger charge is -2.13. The zero-order valence-corrected chi connectivity index (χ0v) is 19.2. The highest BCUT2D eigenvalue weighted by atomic mass is 32.2. The van der Waals surface area contributed by atoms with Crippen LogP contribution < -0.4 is 14.8 Å². The molecule has 0 saturated carbocycles. The number of sulfonamides is 2. The van der Waals surface area contributed by atoms with Crippen LogP contribution in [-0.2, 0) is 37.1 Å². The maximum atomic E-state index is 13.2. The summed E-state index contributed by atoms with van der Waals surface area (Å²) in [5.74, 6) is -3.19. The Morgan fingerprint density at radius 1 is 0.969 bits per heavy atom. The van der Waals surface area contributed by atoms with Crippen LogP contribution in [0.5, 0.6) is 0 Å². The number of halogens is 2. The van der Waals surface area contributed by atoms with Gasteiger partial charge in [0.2, 0.25) is 26.0 Å². The first-order valence-electron chi connectivity index (χ1n) is 9.68. The minimum atomic E-state index is -4.11. The molecule has 8 nitrogen and oxygen atoms in total. The molecule has 0 aromatic heterocycles. The first-order chi connectivity index (χ1) is 14.9. The molecule has 1 amide bonds. The molecule has 0 aliphatic carbocycles. The molecule has 176 valence electrons. The van der Waals surface area contributed by atoms with Crippen LogP contribution in [0.15, 0.2) is 47.4 Å². The molecule has 0 aliphatic heterocycles. The van der Waals surface area contributed by atoms with Gasteiger partial charge >= 0.3 is 0 Å². The number of hydrogen-bond donors (Lipinski definition) is 3. The summed E-state index contributed by atoms with van der Waals surface area (Å²) < 4.78 is 79.5. The van der Waals surface area contributed by atoms with Gasteiger partial charge in [-0.1, -0.05) is 24.3 Å². The van der Waals surface area contributed by atoms with Crippen LogP contribution in [0.3, 0.4) is 0 Å². The fourth-order valence-electron chi connectivity index (χ4n) is 2.78. The number of hydrogen-bond acceptors (Lipinski definition) is 5. The first kappa shape index (κ1) is 25.8. The van der Waals surface area contributed by atoms with E-state index >= 15 is 0 Å². The van der Waals surface area contributed by atoms with E-state index in [0.717, 1.165) is 6.07 Å². The SMILES string of the molecule is CC(C)NS(=O)(=O)Cc1ccccc1CNC(=O)CCNS(=O)(=O)c1ccc(F)c(F)c1. The van der Waals surface area contributed by atoms with Gasteiger partial charge in [-0.3, -0.25) is 4.79 Å². The van der Waals surface area contributed by atoms with Crippen LogP contribution in [0.4, 0.5) is 8.78 Å². The Balaban J connectivity index is 1.90. The highest BCUT2D eigenvalue weighted by molar-refractivity contribution is 7.89. The van der Waals surface area contributed by atoms with Crippen molar-refractivity contribution < 1.29 is 30.4 Å². The molecule has 2 rings (SSSR count). The van der Waals surface area contributed by atoms with E-state index in [-0.39, 0.29) is 31.3 Å². The highest BCUT2D eigenvalue weighted by Crippen LogP contribution is 2.14. The molecule has 0 saturated heterocycles. The van der Waals surface area contributed by atoms with Gasteiger partial charge in [0.25, 0.3) is 0 Å². The molecule has 0 aliphatic rings. The van der Waals surface area contributed by atoms with E-state index < -0.39 is 42.5 Å². The van der Waals surface area contributed by atoms with Crippen molar-refractivity contribution in [2.45, 2.75) is 43.5 Å². The molecule has 0 heterocycles. The molecule has 0 bridgehead atoms. The predicted octanol–water partition coefficient (Wildman–Crippen LogP) is 1.78. The van der Waals surface area contributed by atoms with Crippen molar-refractivity contribution in [2.75, 3.05) is 6.54 Å². The molecular weight excluding hydrogens is 464 g/mol. The fraction of sp³-hybridized carbons (Fsp3) is 0.350. The second-order valence-corrected chi connectivity index (χ2v) is 10.8. The third kappa shape index (κ3) is 7.93. The van der Waals surface area contributed by atoms with Gasteiger partial charge in [-0.25, -0.2) is 35.1 Å². The molecule has 0 radical (unpaired) electrons. The van der Waals surface area contributed by atoms with Gasteiger partial charge in [0, 0.05) is 25.6 Å². The summed E-state index contributed by atoms with van der Waals surface area (Å²) in [6, 6.07) is 8.66. The maximum absolute atomic E-state index is 13.2. The maximum Gasteiger partial charge on any atom is 0.240 e. The second kappa shape index (κ2) is 10.9. The molecule has 12 heteroatoms. The van der Waals surface area contributed by atoms with Crippen molar-refractivity contribution >= 4 is 26.0 Å². The van der Waals surface area contributed by atoms with Crippen LogP contribution in [0.25, 0.3) is 0 Å². The number of amides is 1. The van der Waals surface area contributed by atoms with Gasteiger partial charge in [-0.2, -0.15) is 0 Å². The lowest BCUT2D eigenvalue weighted by molar-refractivity contribution is -0.121. The van der Waals surface area contributed by atoms with Crippen LogP contribution in [0, 0.1) is 11.6 Å². The normalized spacial score (nSPS) is 12.2. The second-order valence-electron chi connectivity index (χ2n) is 7.30. The molecule has 2 aromatic rings. The molecule has 0 spiro atoms. The average molecular weight is 490 g/mol. The van der Waals surface area contributed by atoms with Gasteiger partial charge in [0.15, 0.2) is 11.6 Å². The lowest BCUT2D eigenvalue weighted by atomic mass is 10.1. The number of benzene rings is 2. The smallest absolute Gasteiger partial charge is 0.240 e. The Morgan fingerprint density at radius 3 is 2.25 bits per heavy atom. The van der Waals surface area contributed by atoms with E-state index in [0.29, 0.717) is 23.3 Å². The molecule has 0 unspecified atom stereocenters. The number of carbonyl (C=O) groups excluding carboxylic acids is 1. The third-order valence-electron chi connectivity index (χ3n) is 4.20. The van der Waals surface area contributed by atoms with Crippen molar-refractivity contribution in [3.8, 4) is 0 Å². The van der Waals surface area contributed by atoms with Gasteiger partial charge in [0.05, 0.1) is 10.6 Å². The minimum absolute atomic E-state index is 0.0577. The minimum Gasteiger partial charge on any atom is -0.352 e. The van der Waals surface area contributed by atoms with Gasteiger partial charge in [0.1, 0.15) is 0 Å². The summed E-state index contributed by atoms with van der Waals surface area (Å²) in [5, 5.41) is 2.61. The molecule has 0 fully saturated rings. The van der Waals surface area contributed by atoms with E-state index in [9.17, 15) is 30.4 Å². The zero-order valence-electron chi connectivity index (χ0n) is 17.6. The summed E-state index contributed by atoms with van der Waals surface area (Å²) in [5.41, 5.74) is 1.14. The van der Waals surface area contributed by atoms with E-state index in [1.165, 1.54) is 0 Å². The molecular formula is C20H25F2N3O5S2. The summed E-state index contributed by atoms with van der Waals surface area (Å²) in [7, 11) is -7.66. The standard InChI is InChI=1S/C20H25F2N3O5S2/c1-14(2)25-31(27,28)13-16-6-4-3-5-15(16)12-23-20(26)9-10-24-32(29,30)17-7-8-18(21)19(22)11-17/h3-8,11,14,24-25H,9-10,12-13H2,1-2H3,(H,23,26). The van der Waals surface area contributed by atoms with Gasteiger partial charge < -0.3 is 5.32 Å². The van der Waals surface area contributed by atoms with Crippen LogP contribution in [-0.4, -0.2) is 35.3 Å². The van der Waals surface area contributed by atoms with Crippen LogP contribution in [0.2, 0.25) is 0 Å². The fourth-order valence-corrected chi connectivity index (χ4v) is 5.32. The number of carbonyl (C=O) groups is 1. The van der Waals surface area contributed by atoms with E-state index in [1.54, 1.807) is 38.1 Å². The quantitative estimate of drug-likeness (QED) is 0.444. The lowest BCUT2D eigenvalue weighted by Crippen LogP contribution is -2.32. The Hall–Kier alpha value is -2.41. The van der Waals surface area contributed by atoms with E-state index in [1.807, 2.05) is 0 Å². The summed E-state index contributed by atoms with van der Waals surface area (Å²) in [6.07, 6.45) is -0.210.